The molecule has 100 valence electrons. The van der Waals surface area contributed by atoms with Crippen LogP contribution in [0.1, 0.15) is 24.2 Å². The van der Waals surface area contributed by atoms with Crippen molar-refractivity contribution in [2.24, 2.45) is 0 Å². The van der Waals surface area contributed by atoms with Gasteiger partial charge in [-0.3, -0.25) is 0 Å². The summed E-state index contributed by atoms with van der Waals surface area (Å²) in [6.07, 6.45) is 3.84. The van der Waals surface area contributed by atoms with Gasteiger partial charge in [0, 0.05) is 22.6 Å². The lowest BCUT2D eigenvalue weighted by Gasteiger charge is -2.11. The molecule has 1 aromatic carbocycles. The maximum absolute atomic E-state index is 5.74. The minimum atomic E-state index is 0.314. The molecular formula is C13H14BrN3O2. The van der Waals surface area contributed by atoms with Crippen molar-refractivity contribution in [3.63, 3.8) is 0 Å². The second-order valence-electron chi connectivity index (χ2n) is 4.54. The highest BCUT2D eigenvalue weighted by atomic mass is 79.9. The average molecular weight is 324 g/mol. The fourth-order valence-corrected chi connectivity index (χ4v) is 2.18. The van der Waals surface area contributed by atoms with Crippen LogP contribution >= 0.6 is 15.9 Å². The zero-order valence-electron chi connectivity index (χ0n) is 10.3. The molecule has 0 radical (unpaired) electrons. The molecule has 0 saturated heterocycles. The van der Waals surface area contributed by atoms with Gasteiger partial charge in [0.25, 0.3) is 0 Å². The van der Waals surface area contributed by atoms with Crippen LogP contribution in [0.2, 0.25) is 0 Å². The molecule has 1 fully saturated rings. The summed E-state index contributed by atoms with van der Waals surface area (Å²) in [5.41, 5.74) is 1.13. The quantitative estimate of drug-likeness (QED) is 0.885. The van der Waals surface area contributed by atoms with E-state index in [0.29, 0.717) is 18.5 Å². The molecule has 1 heterocycles. The predicted octanol–water partition coefficient (Wildman–Crippen LogP) is 2.66. The maximum atomic E-state index is 5.74. The smallest absolute Gasteiger partial charge is 0.213 e. The van der Waals surface area contributed by atoms with Crippen LogP contribution in [0.15, 0.2) is 33.6 Å². The summed E-state index contributed by atoms with van der Waals surface area (Å²) in [7, 11) is 0. The van der Waals surface area contributed by atoms with Gasteiger partial charge < -0.3 is 14.6 Å². The van der Waals surface area contributed by atoms with E-state index in [1.165, 1.54) is 19.2 Å². The molecule has 0 unspecified atom stereocenters. The van der Waals surface area contributed by atoms with E-state index in [1.54, 1.807) is 0 Å². The maximum Gasteiger partial charge on any atom is 0.213 e. The Balaban J connectivity index is 1.67. The van der Waals surface area contributed by atoms with Gasteiger partial charge in [-0.15, -0.1) is 0 Å². The standard InChI is InChI=1S/C13H14BrN3O2/c14-10-1-4-12(18-7-13-16-8-19-17-13)9(5-10)6-15-11-2-3-11/h1,4-5,8,11,15H,2-3,6-7H2. The van der Waals surface area contributed by atoms with Crippen LogP contribution in [-0.2, 0) is 13.2 Å². The second kappa shape index (κ2) is 5.71. The van der Waals surface area contributed by atoms with E-state index in [-0.39, 0.29) is 0 Å². The van der Waals surface area contributed by atoms with Gasteiger partial charge in [-0.1, -0.05) is 21.1 Å². The highest BCUT2D eigenvalue weighted by molar-refractivity contribution is 9.10. The average Bonchev–Trinajstić information content (AvgIpc) is 3.10. The Morgan fingerprint density at radius 1 is 1.42 bits per heavy atom. The summed E-state index contributed by atoms with van der Waals surface area (Å²) in [4.78, 5) is 3.94. The second-order valence-corrected chi connectivity index (χ2v) is 5.46. The van der Waals surface area contributed by atoms with Gasteiger partial charge >= 0.3 is 0 Å². The zero-order valence-corrected chi connectivity index (χ0v) is 11.9. The van der Waals surface area contributed by atoms with Crippen molar-refractivity contribution in [2.75, 3.05) is 0 Å². The molecule has 1 N–H and O–H groups in total. The molecule has 1 aromatic heterocycles. The van der Waals surface area contributed by atoms with Crippen LogP contribution in [0, 0.1) is 0 Å². The normalized spacial score (nSPS) is 14.6. The molecule has 1 aliphatic rings. The summed E-state index contributed by atoms with van der Waals surface area (Å²) in [6, 6.07) is 6.66. The van der Waals surface area contributed by atoms with Gasteiger partial charge in [-0.05, 0) is 31.0 Å². The first-order valence-corrected chi connectivity index (χ1v) is 7.00. The Morgan fingerprint density at radius 3 is 3.05 bits per heavy atom. The van der Waals surface area contributed by atoms with E-state index in [4.69, 9.17) is 4.74 Å². The lowest BCUT2D eigenvalue weighted by molar-refractivity contribution is 0.283. The Bertz CT molecular complexity index is 541. The highest BCUT2D eigenvalue weighted by Gasteiger charge is 2.20. The van der Waals surface area contributed by atoms with Crippen LogP contribution in [0.25, 0.3) is 0 Å². The Kier molecular flexibility index (Phi) is 3.79. The molecule has 5 nitrogen and oxygen atoms in total. The molecule has 0 aliphatic heterocycles. The lowest BCUT2D eigenvalue weighted by Crippen LogP contribution is -2.16. The molecule has 0 bridgehead atoms. The molecule has 0 spiro atoms. The minimum Gasteiger partial charge on any atom is -0.485 e. The number of aromatic nitrogens is 2. The third kappa shape index (κ3) is 3.54. The third-order valence-corrected chi connectivity index (χ3v) is 3.44. The van der Waals surface area contributed by atoms with E-state index in [2.05, 4.69) is 42.0 Å². The van der Waals surface area contributed by atoms with Crippen LogP contribution in [0.3, 0.4) is 0 Å². The van der Waals surface area contributed by atoms with E-state index >= 15 is 0 Å². The van der Waals surface area contributed by atoms with Gasteiger partial charge in [0.2, 0.25) is 12.2 Å². The topological polar surface area (TPSA) is 60.2 Å². The van der Waals surface area contributed by atoms with Gasteiger partial charge in [0.15, 0.2) is 6.61 Å². The Morgan fingerprint density at radius 2 is 2.32 bits per heavy atom. The molecule has 1 saturated carbocycles. The van der Waals surface area contributed by atoms with E-state index in [1.807, 2.05) is 12.1 Å². The summed E-state index contributed by atoms with van der Waals surface area (Å²) in [5, 5.41) is 7.21. The number of nitrogens with one attached hydrogen (secondary N) is 1. The first-order chi connectivity index (χ1) is 9.31. The largest absolute Gasteiger partial charge is 0.485 e. The number of benzene rings is 1. The van der Waals surface area contributed by atoms with Gasteiger partial charge in [-0.2, -0.15) is 4.98 Å². The Hall–Kier alpha value is -1.40. The highest BCUT2D eigenvalue weighted by Crippen LogP contribution is 2.26. The van der Waals surface area contributed by atoms with E-state index in [9.17, 15) is 0 Å². The SMILES string of the molecule is Brc1ccc(OCc2ncon2)c(CNC2CC2)c1. The van der Waals surface area contributed by atoms with Crippen molar-refractivity contribution in [3.05, 3.63) is 40.5 Å². The number of ether oxygens (including phenoxy) is 1. The number of rotatable bonds is 6. The van der Waals surface area contributed by atoms with Crippen LogP contribution in [0.4, 0.5) is 0 Å². The van der Waals surface area contributed by atoms with Crippen molar-refractivity contribution in [1.82, 2.24) is 15.5 Å². The van der Waals surface area contributed by atoms with Gasteiger partial charge in [0.05, 0.1) is 0 Å². The summed E-state index contributed by atoms with van der Waals surface area (Å²) in [5.74, 6) is 1.39. The van der Waals surface area contributed by atoms with Gasteiger partial charge in [-0.25, -0.2) is 0 Å². The first kappa shape index (κ1) is 12.6. The first-order valence-electron chi connectivity index (χ1n) is 6.21. The third-order valence-electron chi connectivity index (χ3n) is 2.94. The molecule has 2 aromatic rings. The van der Waals surface area contributed by atoms with Crippen molar-refractivity contribution in [1.29, 1.82) is 0 Å². The number of nitrogens with zero attached hydrogens (tertiary/aromatic N) is 2. The van der Waals surface area contributed by atoms with E-state index < -0.39 is 0 Å². The molecule has 3 rings (SSSR count). The summed E-state index contributed by atoms with van der Waals surface area (Å²) in [6.45, 7) is 1.13. The molecule has 19 heavy (non-hydrogen) atoms. The fourth-order valence-electron chi connectivity index (χ4n) is 1.77. The van der Waals surface area contributed by atoms with Crippen LogP contribution in [0.5, 0.6) is 5.75 Å². The zero-order chi connectivity index (χ0) is 13.1. The number of halogens is 1. The van der Waals surface area contributed by atoms with Crippen molar-refractivity contribution >= 4 is 15.9 Å². The van der Waals surface area contributed by atoms with Gasteiger partial charge in [0.1, 0.15) is 5.75 Å². The molecule has 1 aliphatic carbocycles. The summed E-state index contributed by atoms with van der Waals surface area (Å²) < 4.78 is 11.5. The number of hydrogen-bond acceptors (Lipinski definition) is 5. The molecule has 0 atom stereocenters. The Labute approximate surface area is 119 Å². The fraction of sp³-hybridized carbons (Fsp3) is 0.385. The van der Waals surface area contributed by atoms with Crippen LogP contribution < -0.4 is 10.1 Å². The van der Waals surface area contributed by atoms with Crippen molar-refractivity contribution in [2.45, 2.75) is 32.0 Å². The molecular weight excluding hydrogens is 310 g/mol. The predicted molar refractivity (Wildman–Crippen MR) is 72.6 cm³/mol. The van der Waals surface area contributed by atoms with Crippen LogP contribution in [-0.4, -0.2) is 16.2 Å². The minimum absolute atomic E-state index is 0.314. The van der Waals surface area contributed by atoms with Crippen molar-refractivity contribution < 1.29 is 9.26 Å². The number of hydrogen-bond donors (Lipinski definition) is 1. The summed E-state index contributed by atoms with van der Waals surface area (Å²) >= 11 is 3.49. The molecule has 0 amide bonds. The lowest BCUT2D eigenvalue weighted by atomic mass is 10.2. The van der Waals surface area contributed by atoms with E-state index in [0.717, 1.165) is 22.3 Å². The monoisotopic (exact) mass is 323 g/mol. The molecule has 6 heteroatoms. The van der Waals surface area contributed by atoms with Crippen molar-refractivity contribution in [3.8, 4) is 5.75 Å².